The quantitative estimate of drug-likeness (QED) is 0.827. The molecule has 2 aromatic rings. The summed E-state index contributed by atoms with van der Waals surface area (Å²) >= 11 is 5.96. The standard InChI is InChI=1S/C14H16ClN3/c1-18(2)12-5-3-4-11(9-12)17-14-8-10(15)6-7-13(14)16/h3-9,17H,16H2,1-2H3. The minimum Gasteiger partial charge on any atom is -0.397 e. The van der Waals surface area contributed by atoms with Crippen LogP contribution in [0.3, 0.4) is 0 Å². The SMILES string of the molecule is CN(C)c1cccc(Nc2cc(Cl)ccc2N)c1. The van der Waals surface area contributed by atoms with E-state index in [1.807, 2.05) is 43.3 Å². The summed E-state index contributed by atoms with van der Waals surface area (Å²) in [4.78, 5) is 2.05. The molecule has 0 bridgehead atoms. The first-order valence-corrected chi connectivity index (χ1v) is 6.03. The normalized spacial score (nSPS) is 10.2. The van der Waals surface area contributed by atoms with E-state index >= 15 is 0 Å². The molecule has 0 aliphatic heterocycles. The van der Waals surface area contributed by atoms with Gasteiger partial charge >= 0.3 is 0 Å². The average Bonchev–Trinajstić information content (AvgIpc) is 2.34. The van der Waals surface area contributed by atoms with Gasteiger partial charge in [0.15, 0.2) is 0 Å². The number of nitrogens with two attached hydrogens (primary N) is 1. The minimum atomic E-state index is 0.662. The number of hydrogen-bond acceptors (Lipinski definition) is 3. The Balaban J connectivity index is 2.28. The molecule has 2 rings (SSSR count). The van der Waals surface area contributed by atoms with Gasteiger partial charge in [-0.1, -0.05) is 17.7 Å². The summed E-state index contributed by atoms with van der Waals surface area (Å²) in [7, 11) is 4.01. The smallest absolute Gasteiger partial charge is 0.0632 e. The first-order chi connectivity index (χ1) is 8.56. The molecule has 3 N–H and O–H groups in total. The lowest BCUT2D eigenvalue weighted by Gasteiger charge is -2.15. The van der Waals surface area contributed by atoms with Gasteiger partial charge in [0.05, 0.1) is 11.4 Å². The van der Waals surface area contributed by atoms with Crippen molar-refractivity contribution in [3.8, 4) is 0 Å². The predicted octanol–water partition coefficient (Wildman–Crippen LogP) is 3.73. The largest absolute Gasteiger partial charge is 0.397 e. The lowest BCUT2D eigenvalue weighted by Crippen LogP contribution is -2.08. The van der Waals surface area contributed by atoms with E-state index in [1.165, 1.54) is 0 Å². The van der Waals surface area contributed by atoms with Crippen LogP contribution in [0, 0.1) is 0 Å². The van der Waals surface area contributed by atoms with Crippen LogP contribution in [0.4, 0.5) is 22.7 Å². The van der Waals surface area contributed by atoms with Crippen LogP contribution >= 0.6 is 11.6 Å². The van der Waals surface area contributed by atoms with Crippen molar-refractivity contribution in [1.82, 2.24) is 0 Å². The number of nitrogens with zero attached hydrogens (tertiary/aromatic N) is 1. The molecule has 94 valence electrons. The van der Waals surface area contributed by atoms with E-state index in [-0.39, 0.29) is 0 Å². The van der Waals surface area contributed by atoms with Crippen molar-refractivity contribution in [2.75, 3.05) is 30.0 Å². The molecule has 0 aliphatic rings. The molecule has 0 saturated heterocycles. The number of nitrogen functional groups attached to an aromatic ring is 1. The highest BCUT2D eigenvalue weighted by Gasteiger charge is 2.02. The Kier molecular flexibility index (Phi) is 3.63. The van der Waals surface area contributed by atoms with Crippen LogP contribution in [0.5, 0.6) is 0 Å². The summed E-state index contributed by atoms with van der Waals surface area (Å²) in [5.41, 5.74) is 9.50. The van der Waals surface area contributed by atoms with Gasteiger partial charge in [0.25, 0.3) is 0 Å². The summed E-state index contributed by atoms with van der Waals surface area (Å²) < 4.78 is 0. The number of nitrogens with one attached hydrogen (secondary N) is 1. The maximum Gasteiger partial charge on any atom is 0.0632 e. The maximum atomic E-state index is 5.96. The number of halogens is 1. The van der Waals surface area contributed by atoms with E-state index in [0.29, 0.717) is 10.7 Å². The lowest BCUT2D eigenvalue weighted by molar-refractivity contribution is 1.13. The molecule has 0 atom stereocenters. The first kappa shape index (κ1) is 12.6. The highest BCUT2D eigenvalue weighted by atomic mass is 35.5. The van der Waals surface area contributed by atoms with E-state index in [9.17, 15) is 0 Å². The minimum absolute atomic E-state index is 0.662. The Morgan fingerprint density at radius 1 is 1.11 bits per heavy atom. The maximum absolute atomic E-state index is 5.96. The topological polar surface area (TPSA) is 41.3 Å². The Labute approximate surface area is 112 Å². The number of hydrogen-bond donors (Lipinski definition) is 2. The fourth-order valence-corrected chi connectivity index (χ4v) is 1.83. The Morgan fingerprint density at radius 2 is 1.89 bits per heavy atom. The molecule has 0 heterocycles. The molecule has 0 fully saturated rings. The number of rotatable bonds is 3. The van der Waals surface area contributed by atoms with Gasteiger partial charge in [-0.15, -0.1) is 0 Å². The molecule has 0 radical (unpaired) electrons. The second-order valence-electron chi connectivity index (χ2n) is 4.30. The van der Waals surface area contributed by atoms with Crippen LogP contribution in [0.1, 0.15) is 0 Å². The zero-order valence-electron chi connectivity index (χ0n) is 10.4. The number of anilines is 4. The summed E-state index contributed by atoms with van der Waals surface area (Å²) in [6.45, 7) is 0. The van der Waals surface area contributed by atoms with Gasteiger partial charge in [-0.2, -0.15) is 0 Å². The molecule has 0 spiro atoms. The Morgan fingerprint density at radius 3 is 2.61 bits per heavy atom. The van der Waals surface area contributed by atoms with Crippen molar-refractivity contribution < 1.29 is 0 Å². The van der Waals surface area contributed by atoms with Gasteiger partial charge in [-0.25, -0.2) is 0 Å². The first-order valence-electron chi connectivity index (χ1n) is 5.66. The molecule has 0 aromatic heterocycles. The fourth-order valence-electron chi connectivity index (χ4n) is 1.65. The molecule has 3 nitrogen and oxygen atoms in total. The van der Waals surface area contributed by atoms with Crippen LogP contribution < -0.4 is 16.0 Å². The van der Waals surface area contributed by atoms with Crippen LogP contribution in [0.2, 0.25) is 5.02 Å². The van der Waals surface area contributed by atoms with Crippen LogP contribution in [-0.2, 0) is 0 Å². The van der Waals surface area contributed by atoms with E-state index < -0.39 is 0 Å². The second kappa shape index (κ2) is 5.19. The van der Waals surface area contributed by atoms with Gasteiger partial charge in [0.2, 0.25) is 0 Å². The monoisotopic (exact) mass is 261 g/mol. The van der Waals surface area contributed by atoms with Crippen molar-refractivity contribution >= 4 is 34.4 Å². The van der Waals surface area contributed by atoms with Gasteiger partial charge in [0, 0.05) is 30.5 Å². The van der Waals surface area contributed by atoms with Crippen LogP contribution in [-0.4, -0.2) is 14.1 Å². The summed E-state index contributed by atoms with van der Waals surface area (Å²) in [5.74, 6) is 0. The van der Waals surface area contributed by atoms with E-state index in [1.54, 1.807) is 12.1 Å². The Hall–Kier alpha value is -1.87. The van der Waals surface area contributed by atoms with Crippen molar-refractivity contribution in [2.24, 2.45) is 0 Å². The lowest BCUT2D eigenvalue weighted by atomic mass is 10.2. The van der Waals surface area contributed by atoms with Gasteiger partial charge in [-0.05, 0) is 36.4 Å². The molecule has 18 heavy (non-hydrogen) atoms. The molecule has 0 aliphatic carbocycles. The number of benzene rings is 2. The van der Waals surface area contributed by atoms with Gasteiger partial charge < -0.3 is 16.0 Å². The third-order valence-corrected chi connectivity index (χ3v) is 2.89. The third kappa shape index (κ3) is 2.87. The zero-order chi connectivity index (χ0) is 13.1. The fraction of sp³-hybridized carbons (Fsp3) is 0.143. The van der Waals surface area contributed by atoms with Crippen LogP contribution in [0.25, 0.3) is 0 Å². The highest BCUT2D eigenvalue weighted by molar-refractivity contribution is 6.31. The van der Waals surface area contributed by atoms with E-state index in [2.05, 4.69) is 11.4 Å². The second-order valence-corrected chi connectivity index (χ2v) is 4.74. The van der Waals surface area contributed by atoms with Gasteiger partial charge in [-0.3, -0.25) is 0 Å². The van der Waals surface area contributed by atoms with Crippen molar-refractivity contribution in [2.45, 2.75) is 0 Å². The Bertz CT molecular complexity index is 552. The van der Waals surface area contributed by atoms with E-state index in [0.717, 1.165) is 17.1 Å². The molecule has 0 amide bonds. The molecular formula is C14H16ClN3. The molecule has 4 heteroatoms. The predicted molar refractivity (Wildman–Crippen MR) is 79.9 cm³/mol. The van der Waals surface area contributed by atoms with E-state index in [4.69, 9.17) is 17.3 Å². The van der Waals surface area contributed by atoms with Crippen LogP contribution in [0.15, 0.2) is 42.5 Å². The summed E-state index contributed by atoms with van der Waals surface area (Å²) in [5, 5.41) is 3.93. The summed E-state index contributed by atoms with van der Waals surface area (Å²) in [6, 6.07) is 13.5. The third-order valence-electron chi connectivity index (χ3n) is 2.66. The average molecular weight is 262 g/mol. The van der Waals surface area contributed by atoms with Crippen molar-refractivity contribution in [3.05, 3.63) is 47.5 Å². The van der Waals surface area contributed by atoms with Crippen molar-refractivity contribution in [1.29, 1.82) is 0 Å². The summed E-state index contributed by atoms with van der Waals surface area (Å²) in [6.07, 6.45) is 0. The molecule has 2 aromatic carbocycles. The molecular weight excluding hydrogens is 246 g/mol. The highest BCUT2D eigenvalue weighted by Crippen LogP contribution is 2.27. The molecule has 0 unspecified atom stereocenters. The zero-order valence-corrected chi connectivity index (χ0v) is 11.2. The van der Waals surface area contributed by atoms with Gasteiger partial charge in [0.1, 0.15) is 0 Å². The van der Waals surface area contributed by atoms with Crippen molar-refractivity contribution in [3.63, 3.8) is 0 Å². The molecule has 0 saturated carbocycles.